The summed E-state index contributed by atoms with van der Waals surface area (Å²) in [7, 11) is 0. The maximum Gasteiger partial charge on any atom is 0.258 e. The zero-order valence-corrected chi connectivity index (χ0v) is 18.9. The van der Waals surface area contributed by atoms with Gasteiger partial charge in [0.2, 0.25) is 5.91 Å². The van der Waals surface area contributed by atoms with Crippen LogP contribution in [0.3, 0.4) is 0 Å². The Morgan fingerprint density at radius 2 is 1.88 bits per heavy atom. The Hall–Kier alpha value is -2.61. The summed E-state index contributed by atoms with van der Waals surface area (Å²) in [4.78, 5) is 24.2. The van der Waals surface area contributed by atoms with Crippen LogP contribution in [0.4, 0.5) is 4.39 Å². The van der Waals surface area contributed by atoms with Gasteiger partial charge in [0, 0.05) is 18.2 Å². The highest BCUT2D eigenvalue weighted by Gasteiger charge is 2.34. The molecule has 3 rings (SSSR count). The van der Waals surface area contributed by atoms with Crippen molar-refractivity contribution in [3.8, 4) is 5.75 Å². The van der Waals surface area contributed by atoms with Gasteiger partial charge < -0.3 is 20.1 Å². The second-order valence-electron chi connectivity index (χ2n) is 7.66. The van der Waals surface area contributed by atoms with Crippen LogP contribution < -0.4 is 15.4 Å². The first kappa shape index (κ1) is 24.0. The summed E-state index contributed by atoms with van der Waals surface area (Å²) in [6.07, 6.45) is 2.76. The first-order chi connectivity index (χ1) is 15.2. The fraction of sp³-hybridized carbons (Fsp3) is 0.304. The van der Waals surface area contributed by atoms with Crippen molar-refractivity contribution in [1.29, 1.82) is 0 Å². The van der Waals surface area contributed by atoms with Gasteiger partial charge in [0.05, 0.1) is 22.2 Å². The summed E-state index contributed by atoms with van der Waals surface area (Å²) in [6, 6.07) is 11.0. The molecule has 2 N–H and O–H groups in total. The van der Waals surface area contributed by atoms with Crippen molar-refractivity contribution in [3.05, 3.63) is 75.7 Å². The molecule has 32 heavy (non-hydrogen) atoms. The molecular weight excluding hydrogens is 458 g/mol. The third kappa shape index (κ3) is 7.22. The number of amides is 2. The average Bonchev–Trinajstić information content (AvgIpc) is 2.71. The standard InChI is InChI=1S/C23H23Cl2FN2O4/c1-23(28-22(30)14-32-18-5-6-19(24)20(25)10-18)11-17(12-23)27-21(29)13-31-8-7-15-3-2-4-16(26)9-15/h2-6,9-11H,7-8,12-14H2,1H3,(H,27,29)(H,28,30). The molecule has 0 spiro atoms. The van der Waals surface area contributed by atoms with E-state index in [1.165, 1.54) is 18.2 Å². The van der Waals surface area contributed by atoms with E-state index in [0.29, 0.717) is 40.9 Å². The van der Waals surface area contributed by atoms with Crippen LogP contribution in [0.1, 0.15) is 18.9 Å². The van der Waals surface area contributed by atoms with Gasteiger partial charge in [0.15, 0.2) is 6.61 Å². The Labute approximate surface area is 195 Å². The predicted molar refractivity (Wildman–Crippen MR) is 120 cm³/mol. The molecule has 0 saturated carbocycles. The van der Waals surface area contributed by atoms with Crippen LogP contribution in [0, 0.1) is 5.82 Å². The molecule has 170 valence electrons. The molecule has 2 aromatic rings. The van der Waals surface area contributed by atoms with E-state index >= 15 is 0 Å². The monoisotopic (exact) mass is 480 g/mol. The van der Waals surface area contributed by atoms with Crippen molar-refractivity contribution >= 4 is 35.0 Å². The normalized spacial score (nSPS) is 17.2. The molecule has 0 bridgehead atoms. The minimum atomic E-state index is -0.570. The Morgan fingerprint density at radius 1 is 1.09 bits per heavy atom. The Morgan fingerprint density at radius 3 is 2.59 bits per heavy atom. The van der Waals surface area contributed by atoms with Crippen LogP contribution in [0.5, 0.6) is 5.75 Å². The van der Waals surface area contributed by atoms with Gasteiger partial charge in [0.1, 0.15) is 18.2 Å². The first-order valence-corrected chi connectivity index (χ1v) is 10.7. The highest BCUT2D eigenvalue weighted by molar-refractivity contribution is 6.42. The minimum Gasteiger partial charge on any atom is -0.484 e. The third-order valence-corrected chi connectivity index (χ3v) is 5.43. The SMILES string of the molecule is CC1(NC(=O)COc2ccc(Cl)c(Cl)c2)C=C(NC(=O)COCCc2cccc(F)c2)C1. The van der Waals surface area contributed by atoms with Crippen molar-refractivity contribution in [2.24, 2.45) is 0 Å². The zero-order chi connectivity index (χ0) is 23.1. The van der Waals surface area contributed by atoms with Crippen LogP contribution in [0.2, 0.25) is 10.0 Å². The van der Waals surface area contributed by atoms with Crippen molar-refractivity contribution in [2.75, 3.05) is 19.8 Å². The van der Waals surface area contributed by atoms with Gasteiger partial charge in [-0.3, -0.25) is 9.59 Å². The van der Waals surface area contributed by atoms with Gasteiger partial charge >= 0.3 is 0 Å². The van der Waals surface area contributed by atoms with Crippen molar-refractivity contribution < 1.29 is 23.5 Å². The number of benzene rings is 2. The maximum absolute atomic E-state index is 13.1. The molecule has 1 unspecified atom stereocenters. The lowest BCUT2D eigenvalue weighted by molar-refractivity contribution is -0.125. The van der Waals surface area contributed by atoms with E-state index in [1.54, 1.807) is 30.3 Å². The number of rotatable bonds is 10. The molecule has 0 saturated heterocycles. The van der Waals surface area contributed by atoms with E-state index in [2.05, 4.69) is 10.6 Å². The maximum atomic E-state index is 13.1. The summed E-state index contributed by atoms with van der Waals surface area (Å²) in [5, 5.41) is 6.35. The van der Waals surface area contributed by atoms with Crippen LogP contribution >= 0.6 is 23.2 Å². The summed E-state index contributed by atoms with van der Waals surface area (Å²) >= 11 is 11.8. The lowest BCUT2D eigenvalue weighted by atomic mass is 9.84. The van der Waals surface area contributed by atoms with Gasteiger partial charge in [-0.15, -0.1) is 0 Å². The molecule has 0 aliphatic heterocycles. The van der Waals surface area contributed by atoms with Crippen LogP contribution in [-0.2, 0) is 20.7 Å². The van der Waals surface area contributed by atoms with E-state index in [4.69, 9.17) is 32.7 Å². The molecule has 1 aliphatic carbocycles. The lowest BCUT2D eigenvalue weighted by Gasteiger charge is -2.37. The van der Waals surface area contributed by atoms with Crippen molar-refractivity contribution in [3.63, 3.8) is 0 Å². The number of hydrogen-bond acceptors (Lipinski definition) is 4. The molecule has 9 heteroatoms. The fourth-order valence-electron chi connectivity index (χ4n) is 3.24. The first-order valence-electron chi connectivity index (χ1n) is 9.95. The highest BCUT2D eigenvalue weighted by Crippen LogP contribution is 2.29. The van der Waals surface area contributed by atoms with E-state index in [0.717, 1.165) is 5.56 Å². The molecule has 1 aliphatic rings. The summed E-state index contributed by atoms with van der Waals surface area (Å²) in [5.74, 6) is -0.449. The van der Waals surface area contributed by atoms with Crippen LogP contribution in [0.25, 0.3) is 0 Å². The molecule has 6 nitrogen and oxygen atoms in total. The molecule has 2 amide bonds. The second kappa shape index (κ2) is 10.8. The fourth-order valence-corrected chi connectivity index (χ4v) is 3.53. The summed E-state index contributed by atoms with van der Waals surface area (Å²) in [6.45, 7) is 1.87. The van der Waals surface area contributed by atoms with Gasteiger partial charge in [-0.25, -0.2) is 4.39 Å². The third-order valence-electron chi connectivity index (χ3n) is 4.69. The van der Waals surface area contributed by atoms with Crippen LogP contribution in [-0.4, -0.2) is 37.2 Å². The van der Waals surface area contributed by atoms with E-state index < -0.39 is 5.54 Å². The Bertz CT molecular complexity index is 1030. The van der Waals surface area contributed by atoms with Gasteiger partial charge in [0.25, 0.3) is 5.91 Å². The van der Waals surface area contributed by atoms with Crippen molar-refractivity contribution in [1.82, 2.24) is 10.6 Å². The minimum absolute atomic E-state index is 0.104. The van der Waals surface area contributed by atoms with E-state index in [1.807, 2.05) is 6.92 Å². The quantitative estimate of drug-likeness (QED) is 0.503. The largest absolute Gasteiger partial charge is 0.484 e. The van der Waals surface area contributed by atoms with Crippen molar-refractivity contribution in [2.45, 2.75) is 25.3 Å². The van der Waals surface area contributed by atoms with Gasteiger partial charge in [-0.1, -0.05) is 35.3 Å². The number of halogens is 3. The topological polar surface area (TPSA) is 76.7 Å². The smallest absolute Gasteiger partial charge is 0.258 e. The summed E-state index contributed by atoms with van der Waals surface area (Å²) < 4.78 is 23.9. The lowest BCUT2D eigenvalue weighted by Crippen LogP contribution is -2.53. The zero-order valence-electron chi connectivity index (χ0n) is 17.4. The summed E-state index contributed by atoms with van der Waals surface area (Å²) in [5.41, 5.74) is 0.942. The molecule has 2 aromatic carbocycles. The number of ether oxygens (including phenoxy) is 2. The second-order valence-corrected chi connectivity index (χ2v) is 8.47. The number of hydrogen-bond donors (Lipinski definition) is 2. The van der Waals surface area contributed by atoms with Crippen LogP contribution in [0.15, 0.2) is 54.2 Å². The van der Waals surface area contributed by atoms with Gasteiger partial charge in [-0.05, 0) is 49.2 Å². The molecule has 0 aromatic heterocycles. The molecule has 1 atom stereocenters. The number of carbonyl (C=O) groups is 2. The molecular formula is C23H23Cl2FN2O4. The molecule has 0 fully saturated rings. The number of nitrogens with one attached hydrogen (secondary N) is 2. The highest BCUT2D eigenvalue weighted by atomic mass is 35.5. The average molecular weight is 481 g/mol. The predicted octanol–water partition coefficient (Wildman–Crippen LogP) is 4.05. The molecule has 0 radical (unpaired) electrons. The van der Waals surface area contributed by atoms with Gasteiger partial charge in [-0.2, -0.15) is 0 Å². The van der Waals surface area contributed by atoms with E-state index in [9.17, 15) is 14.0 Å². The Kier molecular flexibility index (Phi) is 8.12. The van der Waals surface area contributed by atoms with E-state index in [-0.39, 0.29) is 30.8 Å². The Balaban J connectivity index is 1.34. The number of carbonyl (C=O) groups excluding carboxylic acids is 2. The molecule has 0 heterocycles.